The highest BCUT2D eigenvalue weighted by Gasteiger charge is 2.19. The summed E-state index contributed by atoms with van der Waals surface area (Å²) in [5.41, 5.74) is 5.21. The minimum atomic E-state index is -0.948. The first-order valence-corrected chi connectivity index (χ1v) is 7.20. The van der Waals surface area contributed by atoms with Gasteiger partial charge in [0, 0.05) is 30.2 Å². The Balaban J connectivity index is 1.89. The van der Waals surface area contributed by atoms with Crippen molar-refractivity contribution in [3.8, 4) is 11.3 Å². The van der Waals surface area contributed by atoms with Crippen LogP contribution in [0.2, 0.25) is 0 Å². The number of carboxylic acids is 1. The molecule has 22 heavy (non-hydrogen) atoms. The van der Waals surface area contributed by atoms with Crippen molar-refractivity contribution in [2.24, 2.45) is 0 Å². The van der Waals surface area contributed by atoms with Crippen molar-refractivity contribution in [3.05, 3.63) is 47.5 Å². The molecule has 1 aliphatic heterocycles. The maximum Gasteiger partial charge on any atom is 0.337 e. The number of nitrogens with zero attached hydrogens (tertiary/aromatic N) is 2. The molecule has 4 rings (SSSR count). The van der Waals surface area contributed by atoms with Crippen molar-refractivity contribution < 1.29 is 9.90 Å². The standard InChI is InChI=1S/C17H15N3O2/c1-20-8-7-10-9-11(5-6-14(10)20)15-12-3-2-4-13(17(21)22)16(12)19-18-15/h2-6,9H,7-8H2,1H3,(H,18,19)(H,21,22). The zero-order valence-corrected chi connectivity index (χ0v) is 12.1. The molecule has 0 atom stereocenters. The van der Waals surface area contributed by atoms with Crippen LogP contribution >= 0.6 is 0 Å². The summed E-state index contributed by atoms with van der Waals surface area (Å²) < 4.78 is 0. The largest absolute Gasteiger partial charge is 0.478 e. The molecule has 2 N–H and O–H groups in total. The van der Waals surface area contributed by atoms with Gasteiger partial charge in [0.05, 0.1) is 16.8 Å². The summed E-state index contributed by atoms with van der Waals surface area (Å²) in [6.07, 6.45) is 1.03. The molecule has 5 nitrogen and oxygen atoms in total. The van der Waals surface area contributed by atoms with E-state index in [9.17, 15) is 9.90 Å². The summed E-state index contributed by atoms with van der Waals surface area (Å²) in [4.78, 5) is 13.5. The first kappa shape index (κ1) is 12.9. The summed E-state index contributed by atoms with van der Waals surface area (Å²) in [7, 11) is 2.09. The van der Waals surface area contributed by atoms with Crippen LogP contribution in [0.3, 0.4) is 0 Å². The lowest BCUT2D eigenvalue weighted by Gasteiger charge is -2.11. The number of rotatable bonds is 2. The maximum absolute atomic E-state index is 11.3. The van der Waals surface area contributed by atoms with Gasteiger partial charge in [-0.3, -0.25) is 5.10 Å². The second-order valence-corrected chi connectivity index (χ2v) is 5.62. The number of carbonyl (C=O) groups is 1. The van der Waals surface area contributed by atoms with E-state index in [0.29, 0.717) is 5.52 Å². The van der Waals surface area contributed by atoms with Gasteiger partial charge in [-0.2, -0.15) is 5.10 Å². The number of aromatic carboxylic acids is 1. The first-order chi connectivity index (χ1) is 10.6. The molecule has 0 radical (unpaired) electrons. The zero-order chi connectivity index (χ0) is 15.3. The van der Waals surface area contributed by atoms with Gasteiger partial charge in [0.25, 0.3) is 0 Å². The molecule has 0 unspecified atom stereocenters. The van der Waals surface area contributed by atoms with Crippen molar-refractivity contribution >= 4 is 22.6 Å². The van der Waals surface area contributed by atoms with Crippen LogP contribution in [0.15, 0.2) is 36.4 Å². The number of benzene rings is 2. The van der Waals surface area contributed by atoms with E-state index in [-0.39, 0.29) is 5.56 Å². The normalized spacial score (nSPS) is 13.6. The predicted octanol–water partition coefficient (Wildman–Crippen LogP) is 2.92. The molecule has 0 saturated heterocycles. The fourth-order valence-electron chi connectivity index (χ4n) is 3.15. The minimum absolute atomic E-state index is 0.247. The fourth-order valence-corrected chi connectivity index (χ4v) is 3.15. The van der Waals surface area contributed by atoms with Crippen LogP contribution in [0, 0.1) is 0 Å². The highest BCUT2D eigenvalue weighted by Crippen LogP contribution is 2.33. The minimum Gasteiger partial charge on any atom is -0.478 e. The maximum atomic E-state index is 11.3. The van der Waals surface area contributed by atoms with E-state index in [4.69, 9.17) is 0 Å². The number of aromatic amines is 1. The Morgan fingerprint density at radius 1 is 1.32 bits per heavy atom. The van der Waals surface area contributed by atoms with Gasteiger partial charge in [-0.15, -0.1) is 0 Å². The molecule has 0 spiro atoms. The predicted molar refractivity (Wildman–Crippen MR) is 85.5 cm³/mol. The SMILES string of the molecule is CN1CCc2cc(-c3n[nH]c4c(C(=O)O)cccc34)ccc21. The third-order valence-electron chi connectivity index (χ3n) is 4.31. The van der Waals surface area contributed by atoms with Gasteiger partial charge >= 0.3 is 5.97 Å². The van der Waals surface area contributed by atoms with E-state index >= 15 is 0 Å². The van der Waals surface area contributed by atoms with E-state index in [1.807, 2.05) is 12.1 Å². The van der Waals surface area contributed by atoms with Crippen LogP contribution in [-0.4, -0.2) is 34.9 Å². The number of anilines is 1. The number of hydrogen-bond acceptors (Lipinski definition) is 3. The number of fused-ring (bicyclic) bond motifs is 2. The van der Waals surface area contributed by atoms with E-state index in [2.05, 4.69) is 34.3 Å². The van der Waals surface area contributed by atoms with Crippen LogP contribution in [0.4, 0.5) is 5.69 Å². The molecule has 0 saturated carbocycles. The van der Waals surface area contributed by atoms with Crippen molar-refractivity contribution in [3.63, 3.8) is 0 Å². The average molecular weight is 293 g/mol. The van der Waals surface area contributed by atoms with E-state index in [1.165, 1.54) is 11.3 Å². The van der Waals surface area contributed by atoms with Gasteiger partial charge in [-0.25, -0.2) is 4.79 Å². The Bertz CT molecular complexity index is 898. The Morgan fingerprint density at radius 2 is 2.18 bits per heavy atom. The molecule has 2 heterocycles. The number of hydrogen-bond donors (Lipinski definition) is 2. The topological polar surface area (TPSA) is 69.2 Å². The molecule has 1 aliphatic rings. The number of likely N-dealkylation sites (N-methyl/N-ethyl adjacent to an activating group) is 1. The first-order valence-electron chi connectivity index (χ1n) is 7.20. The van der Waals surface area contributed by atoms with Gasteiger partial charge in [0.2, 0.25) is 0 Å². The Morgan fingerprint density at radius 3 is 3.00 bits per heavy atom. The average Bonchev–Trinajstić information content (AvgIpc) is 3.10. The third kappa shape index (κ3) is 1.79. The van der Waals surface area contributed by atoms with Gasteiger partial charge < -0.3 is 10.0 Å². The molecule has 1 aromatic heterocycles. The van der Waals surface area contributed by atoms with E-state index in [0.717, 1.165) is 29.6 Å². The lowest BCUT2D eigenvalue weighted by Crippen LogP contribution is -2.12. The van der Waals surface area contributed by atoms with Crippen LogP contribution < -0.4 is 4.90 Å². The van der Waals surface area contributed by atoms with E-state index < -0.39 is 5.97 Å². The molecule has 5 heteroatoms. The molecule has 0 bridgehead atoms. The Labute approximate surface area is 127 Å². The van der Waals surface area contributed by atoms with Crippen molar-refractivity contribution in [2.75, 3.05) is 18.5 Å². The van der Waals surface area contributed by atoms with E-state index in [1.54, 1.807) is 12.1 Å². The number of aromatic nitrogens is 2. The van der Waals surface area contributed by atoms with Gasteiger partial charge in [-0.05, 0) is 30.2 Å². The number of nitrogens with one attached hydrogen (secondary N) is 1. The van der Waals surface area contributed by atoms with Crippen LogP contribution in [0.5, 0.6) is 0 Å². The molecular formula is C17H15N3O2. The van der Waals surface area contributed by atoms with Gasteiger partial charge in [-0.1, -0.05) is 18.2 Å². The van der Waals surface area contributed by atoms with Crippen molar-refractivity contribution in [1.82, 2.24) is 10.2 Å². The smallest absolute Gasteiger partial charge is 0.337 e. The Kier molecular flexibility index (Phi) is 2.69. The molecule has 0 amide bonds. The lowest BCUT2D eigenvalue weighted by molar-refractivity contribution is 0.0699. The fraction of sp³-hybridized carbons (Fsp3) is 0.176. The number of H-pyrrole nitrogens is 1. The highest BCUT2D eigenvalue weighted by molar-refractivity contribution is 6.05. The second-order valence-electron chi connectivity index (χ2n) is 5.62. The summed E-state index contributed by atoms with van der Waals surface area (Å²) in [6, 6.07) is 11.6. The monoisotopic (exact) mass is 293 g/mol. The molecule has 3 aromatic rings. The summed E-state index contributed by atoms with van der Waals surface area (Å²) in [5.74, 6) is -0.948. The number of carboxylic acid groups (broad SMARTS) is 1. The lowest BCUT2D eigenvalue weighted by atomic mass is 10.0. The zero-order valence-electron chi connectivity index (χ0n) is 12.1. The summed E-state index contributed by atoms with van der Waals surface area (Å²) in [6.45, 7) is 1.03. The van der Waals surface area contributed by atoms with Crippen LogP contribution in [0.25, 0.3) is 22.2 Å². The molecule has 110 valence electrons. The summed E-state index contributed by atoms with van der Waals surface area (Å²) in [5, 5.41) is 17.3. The van der Waals surface area contributed by atoms with Crippen molar-refractivity contribution in [2.45, 2.75) is 6.42 Å². The van der Waals surface area contributed by atoms with Gasteiger partial charge in [0.1, 0.15) is 0 Å². The van der Waals surface area contributed by atoms with Gasteiger partial charge in [0.15, 0.2) is 0 Å². The molecular weight excluding hydrogens is 278 g/mol. The quantitative estimate of drug-likeness (QED) is 0.762. The Hall–Kier alpha value is -2.82. The molecule has 2 aromatic carbocycles. The van der Waals surface area contributed by atoms with Crippen LogP contribution in [-0.2, 0) is 6.42 Å². The highest BCUT2D eigenvalue weighted by atomic mass is 16.4. The third-order valence-corrected chi connectivity index (χ3v) is 4.31. The second kappa shape index (κ2) is 4.59. The summed E-state index contributed by atoms with van der Waals surface area (Å²) >= 11 is 0. The van der Waals surface area contributed by atoms with Crippen LogP contribution in [0.1, 0.15) is 15.9 Å². The number of para-hydroxylation sites is 1. The van der Waals surface area contributed by atoms with Crippen molar-refractivity contribution in [1.29, 1.82) is 0 Å². The molecule has 0 fully saturated rings. The molecule has 0 aliphatic carbocycles.